The zero-order valence-corrected chi connectivity index (χ0v) is 19.9. The highest BCUT2D eigenvalue weighted by atomic mass is 16.5. The number of rotatable bonds is 5. The second-order valence-electron chi connectivity index (χ2n) is 11.3. The number of hydrogen-bond acceptors (Lipinski definition) is 2. The molecule has 0 atom stereocenters. The topological polar surface area (TPSA) is 26.3 Å². The van der Waals surface area contributed by atoms with Gasteiger partial charge in [-0.05, 0) is 102 Å². The molecule has 174 valence electrons. The predicted molar refractivity (Wildman–Crippen MR) is 127 cm³/mol. The van der Waals surface area contributed by atoms with Crippen LogP contribution in [0.2, 0.25) is 0 Å². The van der Waals surface area contributed by atoms with Gasteiger partial charge in [0, 0.05) is 11.8 Å². The Morgan fingerprint density at radius 1 is 0.581 bits per heavy atom. The summed E-state index contributed by atoms with van der Waals surface area (Å²) in [6.45, 7) is 0. The first kappa shape index (κ1) is 23.2. The van der Waals surface area contributed by atoms with Gasteiger partial charge in [-0.3, -0.25) is 4.79 Å². The molecule has 0 aromatic heterocycles. The summed E-state index contributed by atoms with van der Waals surface area (Å²) in [5, 5.41) is 0. The van der Waals surface area contributed by atoms with Crippen LogP contribution in [0.4, 0.5) is 0 Å². The quantitative estimate of drug-likeness (QED) is 0.330. The van der Waals surface area contributed by atoms with Crippen molar-refractivity contribution >= 4 is 5.97 Å². The lowest BCUT2D eigenvalue weighted by Crippen LogP contribution is -2.29. The molecule has 0 aliphatic heterocycles. The number of ether oxygens (including phenoxy) is 1. The normalized spacial score (nSPS) is 33.3. The first-order chi connectivity index (χ1) is 15.3. The van der Waals surface area contributed by atoms with Gasteiger partial charge in [-0.2, -0.15) is 0 Å². The van der Waals surface area contributed by atoms with Gasteiger partial charge in [0.2, 0.25) is 0 Å². The van der Waals surface area contributed by atoms with E-state index in [2.05, 4.69) is 11.8 Å². The standard InChI is InChI=1S/C29H46O2/c30-29(31-28-9-5-2-6-10-28)27-21-19-26(20-22-27)18-17-25-15-13-24(14-16-25)12-11-23-7-3-1-4-8-23/h23-28H,1-10,13-22H2. The summed E-state index contributed by atoms with van der Waals surface area (Å²) in [4.78, 5) is 12.5. The fourth-order valence-electron chi connectivity index (χ4n) is 6.68. The minimum atomic E-state index is 0.123. The highest BCUT2D eigenvalue weighted by Gasteiger charge is 2.30. The summed E-state index contributed by atoms with van der Waals surface area (Å²) in [5.74, 6) is 10.8. The summed E-state index contributed by atoms with van der Waals surface area (Å²) >= 11 is 0. The minimum absolute atomic E-state index is 0.123. The van der Waals surface area contributed by atoms with Gasteiger partial charge in [-0.1, -0.05) is 50.4 Å². The number of carbonyl (C=O) groups is 1. The Balaban J connectivity index is 1.08. The Hall–Kier alpha value is -0.970. The molecule has 0 N–H and O–H groups in total. The zero-order valence-electron chi connectivity index (χ0n) is 19.9. The van der Waals surface area contributed by atoms with E-state index in [4.69, 9.17) is 4.74 Å². The van der Waals surface area contributed by atoms with Crippen LogP contribution in [-0.2, 0) is 9.53 Å². The Labute approximate surface area is 191 Å². The van der Waals surface area contributed by atoms with E-state index in [1.54, 1.807) is 0 Å². The molecule has 4 fully saturated rings. The molecular weight excluding hydrogens is 380 g/mol. The first-order valence-electron chi connectivity index (χ1n) is 14.0. The van der Waals surface area contributed by atoms with Gasteiger partial charge in [0.1, 0.15) is 6.10 Å². The average molecular weight is 427 g/mol. The second kappa shape index (κ2) is 12.3. The van der Waals surface area contributed by atoms with Crippen molar-refractivity contribution in [3.63, 3.8) is 0 Å². The molecule has 31 heavy (non-hydrogen) atoms. The number of hydrogen-bond donors (Lipinski definition) is 0. The molecule has 0 unspecified atom stereocenters. The van der Waals surface area contributed by atoms with Crippen LogP contribution in [0.1, 0.15) is 128 Å². The Morgan fingerprint density at radius 2 is 1.06 bits per heavy atom. The van der Waals surface area contributed by atoms with E-state index in [1.165, 1.54) is 103 Å². The van der Waals surface area contributed by atoms with Crippen molar-refractivity contribution in [1.82, 2.24) is 0 Å². The van der Waals surface area contributed by atoms with E-state index < -0.39 is 0 Å². The van der Waals surface area contributed by atoms with Crippen LogP contribution in [0.15, 0.2) is 0 Å². The third kappa shape index (κ3) is 7.54. The maximum atomic E-state index is 12.5. The molecule has 4 rings (SSSR count). The maximum absolute atomic E-state index is 12.5. The molecule has 0 aromatic carbocycles. The van der Waals surface area contributed by atoms with Gasteiger partial charge in [0.25, 0.3) is 0 Å². The lowest BCUT2D eigenvalue weighted by molar-refractivity contribution is -0.157. The lowest BCUT2D eigenvalue weighted by atomic mass is 9.75. The van der Waals surface area contributed by atoms with E-state index >= 15 is 0 Å². The zero-order chi connectivity index (χ0) is 21.3. The Bertz CT molecular complexity index is 586. The van der Waals surface area contributed by atoms with Gasteiger partial charge >= 0.3 is 5.97 Å². The predicted octanol–water partition coefficient (Wildman–Crippen LogP) is 7.84. The second-order valence-corrected chi connectivity index (χ2v) is 11.3. The van der Waals surface area contributed by atoms with Gasteiger partial charge in [-0.15, -0.1) is 0 Å². The third-order valence-corrected chi connectivity index (χ3v) is 8.94. The molecule has 4 saturated carbocycles. The van der Waals surface area contributed by atoms with Gasteiger partial charge < -0.3 is 4.74 Å². The first-order valence-corrected chi connectivity index (χ1v) is 14.0. The van der Waals surface area contributed by atoms with E-state index in [0.29, 0.717) is 11.8 Å². The SMILES string of the molecule is O=C(OC1CCCCC1)C1CCC(CCC2CCC(C#CC3CCCCC3)CC2)CC1. The summed E-state index contributed by atoms with van der Waals surface area (Å²) in [7, 11) is 0. The maximum Gasteiger partial charge on any atom is 0.309 e. The molecule has 4 aliphatic carbocycles. The van der Waals surface area contributed by atoms with Gasteiger partial charge in [0.05, 0.1) is 5.92 Å². The molecule has 4 aliphatic rings. The van der Waals surface area contributed by atoms with Crippen molar-refractivity contribution in [3.8, 4) is 11.8 Å². The summed E-state index contributed by atoms with van der Waals surface area (Å²) in [6, 6.07) is 0. The molecule has 0 bridgehead atoms. The lowest BCUT2D eigenvalue weighted by Gasteiger charge is -2.31. The fraction of sp³-hybridized carbons (Fsp3) is 0.897. The van der Waals surface area contributed by atoms with Crippen LogP contribution in [0, 0.1) is 41.4 Å². The number of esters is 1. The van der Waals surface area contributed by atoms with Crippen molar-refractivity contribution < 1.29 is 9.53 Å². The van der Waals surface area contributed by atoms with Gasteiger partial charge in [0.15, 0.2) is 0 Å². The van der Waals surface area contributed by atoms with Gasteiger partial charge in [-0.25, -0.2) is 0 Å². The van der Waals surface area contributed by atoms with Crippen LogP contribution in [-0.4, -0.2) is 12.1 Å². The van der Waals surface area contributed by atoms with Crippen LogP contribution in [0.25, 0.3) is 0 Å². The number of carbonyl (C=O) groups excluding carboxylic acids is 1. The van der Waals surface area contributed by atoms with E-state index in [-0.39, 0.29) is 18.0 Å². The Kier molecular flexibility index (Phi) is 9.22. The highest BCUT2D eigenvalue weighted by Crippen LogP contribution is 2.37. The molecule has 2 nitrogen and oxygen atoms in total. The van der Waals surface area contributed by atoms with E-state index in [0.717, 1.165) is 37.5 Å². The monoisotopic (exact) mass is 426 g/mol. The van der Waals surface area contributed by atoms with Crippen molar-refractivity contribution in [1.29, 1.82) is 0 Å². The molecule has 0 spiro atoms. The van der Waals surface area contributed by atoms with E-state index in [1.807, 2.05) is 0 Å². The van der Waals surface area contributed by atoms with Crippen LogP contribution < -0.4 is 0 Å². The Morgan fingerprint density at radius 3 is 1.65 bits per heavy atom. The van der Waals surface area contributed by atoms with Crippen molar-refractivity contribution in [3.05, 3.63) is 0 Å². The minimum Gasteiger partial charge on any atom is -0.462 e. The van der Waals surface area contributed by atoms with Crippen LogP contribution >= 0.6 is 0 Å². The van der Waals surface area contributed by atoms with Crippen LogP contribution in [0.3, 0.4) is 0 Å². The molecule has 0 amide bonds. The summed E-state index contributed by atoms with van der Waals surface area (Å²) in [6.07, 6.45) is 26.0. The van der Waals surface area contributed by atoms with Crippen molar-refractivity contribution in [2.24, 2.45) is 29.6 Å². The average Bonchev–Trinajstić information content (AvgIpc) is 2.84. The van der Waals surface area contributed by atoms with Crippen molar-refractivity contribution in [2.75, 3.05) is 0 Å². The molecule has 0 saturated heterocycles. The largest absolute Gasteiger partial charge is 0.462 e. The van der Waals surface area contributed by atoms with Crippen molar-refractivity contribution in [2.45, 2.75) is 135 Å². The highest BCUT2D eigenvalue weighted by molar-refractivity contribution is 5.72. The molecule has 0 aromatic rings. The fourth-order valence-corrected chi connectivity index (χ4v) is 6.68. The molecular formula is C29H46O2. The summed E-state index contributed by atoms with van der Waals surface area (Å²) < 4.78 is 5.84. The molecule has 0 radical (unpaired) electrons. The smallest absolute Gasteiger partial charge is 0.309 e. The van der Waals surface area contributed by atoms with E-state index in [9.17, 15) is 4.79 Å². The molecule has 2 heteroatoms. The van der Waals surface area contributed by atoms with Crippen LogP contribution in [0.5, 0.6) is 0 Å². The summed E-state index contributed by atoms with van der Waals surface area (Å²) in [5.41, 5.74) is 0. The molecule has 0 heterocycles. The third-order valence-electron chi connectivity index (χ3n) is 8.94.